The fourth-order valence-corrected chi connectivity index (χ4v) is 1.47. The van der Waals surface area contributed by atoms with E-state index in [1.54, 1.807) is 0 Å². The highest BCUT2D eigenvalue weighted by molar-refractivity contribution is 5.48. The Morgan fingerprint density at radius 2 is 1.94 bits per heavy atom. The number of nitriles is 1. The first-order valence-electron chi connectivity index (χ1n) is 6.07. The van der Waals surface area contributed by atoms with Crippen LogP contribution in [0, 0.1) is 11.3 Å². The standard InChI is InChI=1S/C14H20N2O/c1-3-4-10-17-11-9-16(2)14-7-5-13(12-15)6-8-14/h5-8H,3-4,9-11H2,1-2H3. The van der Waals surface area contributed by atoms with Crippen LogP contribution in [0.25, 0.3) is 0 Å². The Morgan fingerprint density at radius 1 is 1.24 bits per heavy atom. The topological polar surface area (TPSA) is 36.3 Å². The van der Waals surface area contributed by atoms with Gasteiger partial charge in [0.2, 0.25) is 0 Å². The van der Waals surface area contributed by atoms with Crippen molar-refractivity contribution in [2.24, 2.45) is 0 Å². The van der Waals surface area contributed by atoms with E-state index in [2.05, 4.69) is 17.9 Å². The van der Waals surface area contributed by atoms with E-state index in [0.29, 0.717) is 5.56 Å². The van der Waals surface area contributed by atoms with Gasteiger partial charge in [0.25, 0.3) is 0 Å². The summed E-state index contributed by atoms with van der Waals surface area (Å²) in [4.78, 5) is 2.13. The van der Waals surface area contributed by atoms with Crippen molar-refractivity contribution in [3.63, 3.8) is 0 Å². The smallest absolute Gasteiger partial charge is 0.0991 e. The van der Waals surface area contributed by atoms with E-state index in [0.717, 1.165) is 31.9 Å². The lowest BCUT2D eigenvalue weighted by Gasteiger charge is -2.19. The van der Waals surface area contributed by atoms with Gasteiger partial charge in [0.15, 0.2) is 0 Å². The van der Waals surface area contributed by atoms with Crippen LogP contribution in [-0.2, 0) is 4.74 Å². The molecule has 0 aliphatic rings. The van der Waals surface area contributed by atoms with E-state index in [4.69, 9.17) is 10.00 Å². The molecule has 0 aromatic heterocycles. The Hall–Kier alpha value is -1.53. The number of unbranched alkanes of at least 4 members (excludes halogenated alkanes) is 1. The summed E-state index contributed by atoms with van der Waals surface area (Å²) < 4.78 is 5.52. The number of hydrogen-bond acceptors (Lipinski definition) is 3. The second-order valence-electron chi connectivity index (χ2n) is 4.05. The van der Waals surface area contributed by atoms with Crippen LogP contribution < -0.4 is 4.90 Å². The molecule has 17 heavy (non-hydrogen) atoms. The number of benzene rings is 1. The lowest BCUT2D eigenvalue weighted by Crippen LogP contribution is -2.22. The Kier molecular flexibility index (Phi) is 6.13. The van der Waals surface area contributed by atoms with Crippen LogP contribution in [-0.4, -0.2) is 26.8 Å². The van der Waals surface area contributed by atoms with E-state index in [1.807, 2.05) is 31.3 Å². The fourth-order valence-electron chi connectivity index (χ4n) is 1.47. The third kappa shape index (κ3) is 4.88. The van der Waals surface area contributed by atoms with Gasteiger partial charge >= 0.3 is 0 Å². The molecule has 0 amide bonds. The van der Waals surface area contributed by atoms with Crippen LogP contribution in [0.1, 0.15) is 25.3 Å². The molecule has 0 saturated carbocycles. The number of nitrogens with zero attached hydrogens (tertiary/aromatic N) is 2. The first kappa shape index (κ1) is 13.5. The van der Waals surface area contributed by atoms with Crippen LogP contribution in [0.4, 0.5) is 5.69 Å². The Labute approximate surface area is 104 Å². The van der Waals surface area contributed by atoms with Crippen molar-refractivity contribution < 1.29 is 4.74 Å². The highest BCUT2D eigenvalue weighted by Gasteiger charge is 2.00. The Balaban J connectivity index is 2.31. The highest BCUT2D eigenvalue weighted by Crippen LogP contribution is 2.12. The number of rotatable bonds is 7. The summed E-state index contributed by atoms with van der Waals surface area (Å²) >= 11 is 0. The third-order valence-corrected chi connectivity index (χ3v) is 2.65. The first-order chi connectivity index (χ1) is 8.27. The van der Waals surface area contributed by atoms with Crippen molar-refractivity contribution in [1.82, 2.24) is 0 Å². The molecule has 0 bridgehead atoms. The molecule has 0 aliphatic heterocycles. The molecular weight excluding hydrogens is 212 g/mol. The predicted octanol–water partition coefficient (Wildman–Crippen LogP) is 2.81. The van der Waals surface area contributed by atoms with E-state index >= 15 is 0 Å². The minimum absolute atomic E-state index is 0.696. The maximum Gasteiger partial charge on any atom is 0.0991 e. The van der Waals surface area contributed by atoms with Gasteiger partial charge in [-0.3, -0.25) is 0 Å². The molecule has 0 N–H and O–H groups in total. The molecule has 0 radical (unpaired) electrons. The minimum Gasteiger partial charge on any atom is -0.380 e. The van der Waals surface area contributed by atoms with Crippen LogP contribution in [0.5, 0.6) is 0 Å². The minimum atomic E-state index is 0.696. The fraction of sp³-hybridized carbons (Fsp3) is 0.500. The molecule has 0 spiro atoms. The van der Waals surface area contributed by atoms with Crippen molar-refractivity contribution in [2.45, 2.75) is 19.8 Å². The number of likely N-dealkylation sites (N-methyl/N-ethyl adjacent to an activating group) is 1. The van der Waals surface area contributed by atoms with E-state index in [-0.39, 0.29) is 0 Å². The molecule has 0 heterocycles. The van der Waals surface area contributed by atoms with Crippen molar-refractivity contribution in [1.29, 1.82) is 5.26 Å². The van der Waals surface area contributed by atoms with Gasteiger partial charge in [-0.25, -0.2) is 0 Å². The SMILES string of the molecule is CCCCOCCN(C)c1ccc(C#N)cc1. The second-order valence-corrected chi connectivity index (χ2v) is 4.05. The molecular formula is C14H20N2O. The zero-order valence-electron chi connectivity index (χ0n) is 10.6. The number of hydrogen-bond donors (Lipinski definition) is 0. The molecule has 3 nitrogen and oxygen atoms in total. The number of anilines is 1. The molecule has 1 aromatic carbocycles. The van der Waals surface area contributed by atoms with Gasteiger partial charge in [0.1, 0.15) is 0 Å². The maximum atomic E-state index is 8.71. The molecule has 1 rings (SSSR count). The highest BCUT2D eigenvalue weighted by atomic mass is 16.5. The molecule has 1 aromatic rings. The summed E-state index contributed by atoms with van der Waals surface area (Å²) in [7, 11) is 2.03. The van der Waals surface area contributed by atoms with Gasteiger partial charge in [-0.15, -0.1) is 0 Å². The van der Waals surface area contributed by atoms with Gasteiger partial charge in [0, 0.05) is 25.9 Å². The van der Waals surface area contributed by atoms with Crippen molar-refractivity contribution >= 4 is 5.69 Å². The monoisotopic (exact) mass is 232 g/mol. The molecule has 0 aliphatic carbocycles. The van der Waals surface area contributed by atoms with Crippen LogP contribution in [0.3, 0.4) is 0 Å². The average Bonchev–Trinajstić information content (AvgIpc) is 2.38. The summed E-state index contributed by atoms with van der Waals surface area (Å²) in [5, 5.41) is 8.71. The van der Waals surface area contributed by atoms with Crippen LogP contribution in [0.2, 0.25) is 0 Å². The molecule has 92 valence electrons. The Morgan fingerprint density at radius 3 is 2.53 bits per heavy atom. The second kappa shape index (κ2) is 7.70. The summed E-state index contributed by atoms with van der Waals surface area (Å²) in [5.74, 6) is 0. The summed E-state index contributed by atoms with van der Waals surface area (Å²) in [6.45, 7) is 4.62. The maximum absolute atomic E-state index is 8.71. The lowest BCUT2D eigenvalue weighted by molar-refractivity contribution is 0.138. The van der Waals surface area contributed by atoms with Gasteiger partial charge in [-0.1, -0.05) is 13.3 Å². The van der Waals surface area contributed by atoms with E-state index in [1.165, 1.54) is 6.42 Å². The quantitative estimate of drug-likeness (QED) is 0.678. The predicted molar refractivity (Wildman–Crippen MR) is 70.2 cm³/mol. The molecule has 0 unspecified atom stereocenters. The molecule has 3 heteroatoms. The first-order valence-corrected chi connectivity index (χ1v) is 6.07. The van der Waals surface area contributed by atoms with Crippen LogP contribution in [0.15, 0.2) is 24.3 Å². The van der Waals surface area contributed by atoms with Gasteiger partial charge in [-0.05, 0) is 30.7 Å². The summed E-state index contributed by atoms with van der Waals surface area (Å²) in [5.41, 5.74) is 1.81. The Bertz CT molecular complexity index is 353. The normalized spacial score (nSPS) is 9.94. The lowest BCUT2D eigenvalue weighted by atomic mass is 10.2. The van der Waals surface area contributed by atoms with E-state index < -0.39 is 0 Å². The van der Waals surface area contributed by atoms with Gasteiger partial charge in [-0.2, -0.15) is 5.26 Å². The molecule has 0 atom stereocenters. The van der Waals surface area contributed by atoms with E-state index in [9.17, 15) is 0 Å². The van der Waals surface area contributed by atoms with Crippen molar-refractivity contribution in [3.8, 4) is 6.07 Å². The largest absolute Gasteiger partial charge is 0.380 e. The third-order valence-electron chi connectivity index (χ3n) is 2.65. The molecule has 0 fully saturated rings. The zero-order chi connectivity index (χ0) is 12.5. The van der Waals surface area contributed by atoms with Crippen LogP contribution >= 0.6 is 0 Å². The van der Waals surface area contributed by atoms with Gasteiger partial charge < -0.3 is 9.64 Å². The number of ether oxygens (including phenoxy) is 1. The average molecular weight is 232 g/mol. The summed E-state index contributed by atoms with van der Waals surface area (Å²) in [6, 6.07) is 9.72. The zero-order valence-corrected chi connectivity index (χ0v) is 10.6. The van der Waals surface area contributed by atoms with Gasteiger partial charge in [0.05, 0.1) is 18.2 Å². The van der Waals surface area contributed by atoms with Crippen molar-refractivity contribution in [3.05, 3.63) is 29.8 Å². The summed E-state index contributed by atoms with van der Waals surface area (Å²) in [6.07, 6.45) is 2.30. The van der Waals surface area contributed by atoms with Crippen molar-refractivity contribution in [2.75, 3.05) is 31.7 Å². The molecule has 0 saturated heterocycles.